The van der Waals surface area contributed by atoms with Crippen LogP contribution in [0.3, 0.4) is 0 Å². The van der Waals surface area contributed by atoms with Crippen LogP contribution in [-0.4, -0.2) is 62.7 Å². The van der Waals surface area contributed by atoms with Crippen LogP contribution in [0.1, 0.15) is 17.3 Å². The molecule has 0 aromatic heterocycles. The summed E-state index contributed by atoms with van der Waals surface area (Å²) in [5, 5.41) is 0.454. The highest BCUT2D eigenvalue weighted by molar-refractivity contribution is 7.89. The van der Waals surface area contributed by atoms with Crippen LogP contribution in [0.15, 0.2) is 47.4 Å². The van der Waals surface area contributed by atoms with Crippen molar-refractivity contribution >= 4 is 39.0 Å². The Morgan fingerprint density at radius 1 is 1.03 bits per heavy atom. The van der Waals surface area contributed by atoms with E-state index in [1.165, 1.54) is 16.4 Å². The molecule has 2 aromatic rings. The van der Waals surface area contributed by atoms with Crippen molar-refractivity contribution in [1.82, 2.24) is 9.21 Å². The van der Waals surface area contributed by atoms with Gasteiger partial charge >= 0.3 is 0 Å². The van der Waals surface area contributed by atoms with Crippen LogP contribution in [0.5, 0.6) is 5.75 Å². The van der Waals surface area contributed by atoms with E-state index in [9.17, 15) is 13.2 Å². The first-order valence-corrected chi connectivity index (χ1v) is 11.4. The fraction of sp³-hybridized carbons (Fsp3) is 0.350. The van der Waals surface area contributed by atoms with Gasteiger partial charge in [-0.3, -0.25) is 9.69 Å². The van der Waals surface area contributed by atoms with Gasteiger partial charge in [0.1, 0.15) is 10.6 Å². The van der Waals surface area contributed by atoms with Gasteiger partial charge in [0, 0.05) is 36.8 Å². The standard InChI is InChI=1S/C20H22Cl2N2O4S/c1-2-28-17-6-3-15(4-7-17)19(25)14-23-9-11-24(12-10-23)29(26,27)20-13-16(21)5-8-18(20)22/h3-8,13H,2,9-12,14H2,1H3. The molecule has 156 valence electrons. The number of Topliss-reactive ketones (excluding diaryl/α,β-unsaturated/α-hetero) is 1. The van der Waals surface area contributed by atoms with Crippen LogP contribution >= 0.6 is 23.2 Å². The van der Waals surface area contributed by atoms with Crippen LogP contribution in [0.4, 0.5) is 0 Å². The molecule has 1 heterocycles. The zero-order valence-corrected chi connectivity index (χ0v) is 18.3. The highest BCUT2D eigenvalue weighted by atomic mass is 35.5. The zero-order chi connectivity index (χ0) is 21.0. The van der Waals surface area contributed by atoms with Gasteiger partial charge in [0.15, 0.2) is 5.78 Å². The fourth-order valence-corrected chi connectivity index (χ4v) is 5.30. The summed E-state index contributed by atoms with van der Waals surface area (Å²) in [6.07, 6.45) is 0. The van der Waals surface area contributed by atoms with E-state index in [-0.39, 0.29) is 35.3 Å². The highest BCUT2D eigenvalue weighted by Gasteiger charge is 2.30. The minimum atomic E-state index is -3.74. The number of ketones is 1. The minimum absolute atomic E-state index is 0.00517. The van der Waals surface area contributed by atoms with Crippen LogP contribution in [0.25, 0.3) is 0 Å². The van der Waals surface area contributed by atoms with Crippen molar-refractivity contribution in [2.75, 3.05) is 39.3 Å². The summed E-state index contributed by atoms with van der Waals surface area (Å²) in [7, 11) is -3.74. The van der Waals surface area contributed by atoms with Crippen LogP contribution < -0.4 is 4.74 Å². The Bertz CT molecular complexity index is 972. The summed E-state index contributed by atoms with van der Waals surface area (Å²) in [5.74, 6) is 0.713. The second-order valence-corrected chi connectivity index (χ2v) is 9.39. The van der Waals surface area contributed by atoms with E-state index in [4.69, 9.17) is 27.9 Å². The maximum absolute atomic E-state index is 12.9. The first-order valence-electron chi connectivity index (χ1n) is 9.25. The van der Waals surface area contributed by atoms with Crippen molar-refractivity contribution in [1.29, 1.82) is 0 Å². The molecule has 29 heavy (non-hydrogen) atoms. The predicted octanol–water partition coefficient (Wildman–Crippen LogP) is 3.58. The van der Waals surface area contributed by atoms with Gasteiger partial charge < -0.3 is 4.74 Å². The van der Waals surface area contributed by atoms with Gasteiger partial charge in [-0.25, -0.2) is 8.42 Å². The van der Waals surface area contributed by atoms with Gasteiger partial charge in [0.2, 0.25) is 10.0 Å². The van der Waals surface area contributed by atoms with E-state index in [0.717, 1.165) is 5.75 Å². The highest BCUT2D eigenvalue weighted by Crippen LogP contribution is 2.28. The van der Waals surface area contributed by atoms with E-state index in [1.54, 1.807) is 30.3 Å². The Hall–Kier alpha value is -1.64. The van der Waals surface area contributed by atoms with Crippen LogP contribution in [-0.2, 0) is 10.0 Å². The van der Waals surface area contributed by atoms with Crippen molar-refractivity contribution in [2.45, 2.75) is 11.8 Å². The number of sulfonamides is 1. The molecule has 0 unspecified atom stereocenters. The van der Waals surface area contributed by atoms with Crippen molar-refractivity contribution in [2.24, 2.45) is 0 Å². The van der Waals surface area contributed by atoms with Gasteiger partial charge in [-0.1, -0.05) is 23.2 Å². The lowest BCUT2D eigenvalue weighted by atomic mass is 10.1. The molecule has 1 fully saturated rings. The Labute approximate surface area is 181 Å². The molecule has 0 spiro atoms. The van der Waals surface area contributed by atoms with Gasteiger partial charge in [0.05, 0.1) is 18.2 Å². The molecule has 6 nitrogen and oxygen atoms in total. The number of hydrogen-bond acceptors (Lipinski definition) is 5. The van der Waals surface area contributed by atoms with Crippen LogP contribution in [0.2, 0.25) is 10.0 Å². The summed E-state index contributed by atoms with van der Waals surface area (Å²) < 4.78 is 32.5. The van der Waals surface area contributed by atoms with Crippen LogP contribution in [0, 0.1) is 0 Å². The average molecular weight is 457 g/mol. The van der Waals surface area contributed by atoms with Crippen molar-refractivity contribution in [3.05, 3.63) is 58.1 Å². The molecular formula is C20H22Cl2N2O4S. The summed E-state index contributed by atoms with van der Waals surface area (Å²) in [6, 6.07) is 11.4. The van der Waals surface area contributed by atoms with E-state index >= 15 is 0 Å². The zero-order valence-electron chi connectivity index (χ0n) is 16.0. The smallest absolute Gasteiger partial charge is 0.244 e. The Balaban J connectivity index is 1.60. The third-order valence-electron chi connectivity index (χ3n) is 4.70. The molecule has 0 bridgehead atoms. The molecule has 2 aromatic carbocycles. The normalized spacial score (nSPS) is 16.0. The number of carbonyl (C=O) groups is 1. The summed E-state index contributed by atoms with van der Waals surface area (Å²) in [5.41, 5.74) is 0.606. The lowest BCUT2D eigenvalue weighted by Crippen LogP contribution is -2.49. The number of benzene rings is 2. The van der Waals surface area contributed by atoms with Gasteiger partial charge in [-0.05, 0) is 49.4 Å². The van der Waals surface area contributed by atoms with E-state index < -0.39 is 10.0 Å². The number of ether oxygens (including phenoxy) is 1. The number of nitrogens with zero attached hydrogens (tertiary/aromatic N) is 2. The number of hydrogen-bond donors (Lipinski definition) is 0. The summed E-state index contributed by atoms with van der Waals surface area (Å²) >= 11 is 12.0. The molecule has 0 aliphatic carbocycles. The largest absolute Gasteiger partial charge is 0.494 e. The number of rotatable bonds is 7. The van der Waals surface area contributed by atoms with E-state index in [2.05, 4.69) is 0 Å². The van der Waals surface area contributed by atoms with E-state index in [1.807, 2.05) is 11.8 Å². The number of piperazine rings is 1. The van der Waals surface area contributed by atoms with E-state index in [0.29, 0.717) is 30.3 Å². The second kappa shape index (κ2) is 9.45. The second-order valence-electron chi connectivity index (χ2n) is 6.64. The van der Waals surface area contributed by atoms with Crippen molar-refractivity contribution in [3.8, 4) is 5.75 Å². The molecular weight excluding hydrogens is 435 g/mol. The third-order valence-corrected chi connectivity index (χ3v) is 7.31. The number of carbonyl (C=O) groups excluding carboxylic acids is 1. The molecule has 0 saturated carbocycles. The summed E-state index contributed by atoms with van der Waals surface area (Å²) in [6.45, 7) is 4.18. The quantitative estimate of drug-likeness (QED) is 0.595. The molecule has 1 saturated heterocycles. The fourth-order valence-electron chi connectivity index (χ4n) is 3.14. The minimum Gasteiger partial charge on any atom is -0.494 e. The van der Waals surface area contributed by atoms with Gasteiger partial charge in [0.25, 0.3) is 0 Å². The Morgan fingerprint density at radius 2 is 1.69 bits per heavy atom. The number of halogens is 2. The monoisotopic (exact) mass is 456 g/mol. The molecule has 1 aliphatic rings. The summed E-state index contributed by atoms with van der Waals surface area (Å²) in [4.78, 5) is 14.5. The molecule has 3 rings (SSSR count). The molecule has 0 N–H and O–H groups in total. The lowest BCUT2D eigenvalue weighted by Gasteiger charge is -2.33. The third kappa shape index (κ3) is 5.29. The maximum atomic E-state index is 12.9. The molecule has 0 amide bonds. The average Bonchev–Trinajstić information content (AvgIpc) is 2.71. The SMILES string of the molecule is CCOc1ccc(C(=O)CN2CCN(S(=O)(=O)c3cc(Cl)ccc3Cl)CC2)cc1. The van der Waals surface area contributed by atoms with Gasteiger partial charge in [-0.15, -0.1) is 0 Å². The molecule has 0 radical (unpaired) electrons. The Kier molecular flexibility index (Phi) is 7.19. The van der Waals surface area contributed by atoms with Crippen molar-refractivity contribution in [3.63, 3.8) is 0 Å². The predicted molar refractivity (Wildman–Crippen MR) is 114 cm³/mol. The first kappa shape index (κ1) is 22.1. The molecule has 9 heteroatoms. The molecule has 0 atom stereocenters. The maximum Gasteiger partial charge on any atom is 0.244 e. The topological polar surface area (TPSA) is 66.9 Å². The lowest BCUT2D eigenvalue weighted by molar-refractivity contribution is 0.0901. The molecule has 1 aliphatic heterocycles. The Morgan fingerprint density at radius 3 is 2.31 bits per heavy atom. The van der Waals surface area contributed by atoms with Gasteiger partial charge in [-0.2, -0.15) is 4.31 Å². The first-order chi connectivity index (χ1) is 13.8. The van der Waals surface area contributed by atoms with Crippen molar-refractivity contribution < 1.29 is 17.9 Å².